The number of amides is 1. The van der Waals surface area contributed by atoms with Gasteiger partial charge in [0.2, 0.25) is 5.91 Å². The Hall–Kier alpha value is -1.82. The molecule has 1 rings (SSSR count). The van der Waals surface area contributed by atoms with Gasteiger partial charge in [-0.1, -0.05) is 0 Å². The standard InChI is InChI=1S/C13H20N2O4/c1-4-15-8-9(2)12(13(17)18)10(15)7-11(16)14-5-6-19-3/h8H,4-7H2,1-3H3,(H,14,16)(H,17,18). The molecule has 6 nitrogen and oxygen atoms in total. The van der Waals surface area contributed by atoms with Gasteiger partial charge in [-0.3, -0.25) is 4.79 Å². The molecule has 0 saturated heterocycles. The van der Waals surface area contributed by atoms with Crippen molar-refractivity contribution in [1.82, 2.24) is 9.88 Å². The molecule has 0 aromatic carbocycles. The van der Waals surface area contributed by atoms with Crippen LogP contribution in [0.3, 0.4) is 0 Å². The molecule has 0 saturated carbocycles. The lowest BCUT2D eigenvalue weighted by molar-refractivity contribution is -0.120. The largest absolute Gasteiger partial charge is 0.478 e. The van der Waals surface area contributed by atoms with E-state index in [0.29, 0.717) is 31.0 Å². The zero-order chi connectivity index (χ0) is 14.4. The molecule has 0 aliphatic heterocycles. The number of aromatic nitrogens is 1. The summed E-state index contributed by atoms with van der Waals surface area (Å²) in [5.41, 5.74) is 1.44. The molecule has 1 amide bonds. The van der Waals surface area contributed by atoms with Crippen molar-refractivity contribution in [1.29, 1.82) is 0 Å². The third kappa shape index (κ3) is 3.82. The highest BCUT2D eigenvalue weighted by atomic mass is 16.5. The minimum absolute atomic E-state index is 0.0625. The number of methoxy groups -OCH3 is 1. The second kappa shape index (κ2) is 6.94. The van der Waals surface area contributed by atoms with Crippen LogP contribution in [0, 0.1) is 6.92 Å². The van der Waals surface area contributed by atoms with Crippen molar-refractivity contribution >= 4 is 11.9 Å². The molecule has 0 unspecified atom stereocenters. The summed E-state index contributed by atoms with van der Waals surface area (Å²) in [4.78, 5) is 23.0. The number of nitrogens with zero attached hydrogens (tertiary/aromatic N) is 1. The number of hydrogen-bond donors (Lipinski definition) is 2. The maximum absolute atomic E-state index is 11.8. The van der Waals surface area contributed by atoms with Crippen LogP contribution in [0.15, 0.2) is 6.20 Å². The average Bonchev–Trinajstić information content (AvgIpc) is 2.65. The molecule has 1 aromatic heterocycles. The maximum Gasteiger partial charge on any atom is 0.337 e. The van der Waals surface area contributed by atoms with E-state index in [0.717, 1.165) is 0 Å². The van der Waals surface area contributed by atoms with Gasteiger partial charge in [0.25, 0.3) is 0 Å². The number of ether oxygens (including phenoxy) is 1. The number of nitrogens with one attached hydrogen (secondary N) is 1. The number of hydrogen-bond acceptors (Lipinski definition) is 3. The van der Waals surface area contributed by atoms with Crippen LogP contribution in [-0.2, 0) is 22.5 Å². The van der Waals surface area contributed by atoms with Crippen LogP contribution in [-0.4, -0.2) is 41.8 Å². The molecule has 0 bridgehead atoms. The lowest BCUT2D eigenvalue weighted by Crippen LogP contribution is -2.29. The molecule has 0 aliphatic carbocycles. The van der Waals surface area contributed by atoms with Crippen LogP contribution in [0.2, 0.25) is 0 Å². The van der Waals surface area contributed by atoms with Crippen molar-refractivity contribution in [2.24, 2.45) is 0 Å². The van der Waals surface area contributed by atoms with Crippen molar-refractivity contribution in [3.8, 4) is 0 Å². The molecule has 6 heteroatoms. The molecular formula is C13H20N2O4. The van der Waals surface area contributed by atoms with Gasteiger partial charge in [-0.05, 0) is 19.4 Å². The predicted molar refractivity (Wildman–Crippen MR) is 70.4 cm³/mol. The van der Waals surface area contributed by atoms with E-state index in [2.05, 4.69) is 5.32 Å². The molecule has 2 N–H and O–H groups in total. The van der Waals surface area contributed by atoms with Gasteiger partial charge >= 0.3 is 5.97 Å². The Balaban J connectivity index is 2.86. The molecule has 0 aliphatic rings. The second-order valence-electron chi connectivity index (χ2n) is 4.24. The molecular weight excluding hydrogens is 248 g/mol. The summed E-state index contributed by atoms with van der Waals surface area (Å²) in [5, 5.41) is 11.9. The maximum atomic E-state index is 11.8. The molecule has 0 spiro atoms. The normalized spacial score (nSPS) is 10.5. The summed E-state index contributed by atoms with van der Waals surface area (Å²) in [6.45, 7) is 5.14. The lowest BCUT2D eigenvalue weighted by Gasteiger charge is -2.09. The van der Waals surface area contributed by atoms with Crippen LogP contribution >= 0.6 is 0 Å². The van der Waals surface area contributed by atoms with E-state index in [1.54, 1.807) is 24.8 Å². The number of carboxylic acids is 1. The number of carbonyl (C=O) groups is 2. The Bertz CT molecular complexity index is 465. The zero-order valence-corrected chi connectivity index (χ0v) is 11.5. The van der Waals surface area contributed by atoms with E-state index in [9.17, 15) is 14.7 Å². The fourth-order valence-electron chi connectivity index (χ4n) is 2.02. The molecule has 1 heterocycles. The van der Waals surface area contributed by atoms with Crippen molar-refractivity contribution in [3.63, 3.8) is 0 Å². The zero-order valence-electron chi connectivity index (χ0n) is 11.5. The van der Waals surface area contributed by atoms with Crippen LogP contribution in [0.4, 0.5) is 0 Å². The van der Waals surface area contributed by atoms with Gasteiger partial charge in [0.05, 0.1) is 18.6 Å². The second-order valence-corrected chi connectivity index (χ2v) is 4.24. The summed E-state index contributed by atoms with van der Waals surface area (Å²) >= 11 is 0. The highest BCUT2D eigenvalue weighted by molar-refractivity contribution is 5.93. The number of carboxylic acid groups (broad SMARTS) is 1. The summed E-state index contributed by atoms with van der Waals surface area (Å²) in [7, 11) is 1.56. The van der Waals surface area contributed by atoms with E-state index in [4.69, 9.17) is 4.74 Å². The average molecular weight is 268 g/mol. The first kappa shape index (κ1) is 15.2. The summed E-state index contributed by atoms with van der Waals surface area (Å²) in [6, 6.07) is 0. The van der Waals surface area contributed by atoms with Crippen molar-refractivity contribution in [3.05, 3.63) is 23.0 Å². The number of aryl methyl sites for hydroxylation is 2. The Morgan fingerprint density at radius 1 is 1.47 bits per heavy atom. The van der Waals surface area contributed by atoms with Gasteiger partial charge < -0.3 is 19.7 Å². The third-order valence-corrected chi connectivity index (χ3v) is 2.89. The van der Waals surface area contributed by atoms with Crippen LogP contribution in [0.5, 0.6) is 0 Å². The van der Waals surface area contributed by atoms with E-state index in [-0.39, 0.29) is 17.9 Å². The smallest absolute Gasteiger partial charge is 0.337 e. The molecule has 0 fully saturated rings. The first-order valence-corrected chi connectivity index (χ1v) is 6.18. The Labute approximate surface area is 112 Å². The molecule has 0 radical (unpaired) electrons. The minimum Gasteiger partial charge on any atom is -0.478 e. The number of rotatable bonds is 7. The van der Waals surface area contributed by atoms with Gasteiger partial charge in [0.1, 0.15) is 0 Å². The quantitative estimate of drug-likeness (QED) is 0.717. The fourth-order valence-corrected chi connectivity index (χ4v) is 2.02. The Morgan fingerprint density at radius 3 is 2.68 bits per heavy atom. The minimum atomic E-state index is -0.996. The Kier molecular flexibility index (Phi) is 5.57. The lowest BCUT2D eigenvalue weighted by atomic mass is 10.1. The van der Waals surface area contributed by atoms with Gasteiger partial charge in [-0.2, -0.15) is 0 Å². The SMILES string of the molecule is CCn1cc(C)c(C(=O)O)c1CC(=O)NCCOC. The van der Waals surface area contributed by atoms with Crippen molar-refractivity contribution in [2.45, 2.75) is 26.8 Å². The Morgan fingerprint density at radius 2 is 2.16 bits per heavy atom. The predicted octanol–water partition coefficient (Wildman–Crippen LogP) is 0.820. The molecule has 106 valence electrons. The van der Waals surface area contributed by atoms with E-state index < -0.39 is 5.97 Å². The third-order valence-electron chi connectivity index (χ3n) is 2.89. The van der Waals surface area contributed by atoms with Crippen LogP contribution in [0.1, 0.15) is 28.5 Å². The fraction of sp³-hybridized carbons (Fsp3) is 0.538. The van der Waals surface area contributed by atoms with Crippen LogP contribution < -0.4 is 5.32 Å². The number of carbonyl (C=O) groups excluding carboxylic acids is 1. The summed E-state index contributed by atoms with van der Waals surface area (Å²) in [6.07, 6.45) is 1.83. The van der Waals surface area contributed by atoms with Gasteiger partial charge in [-0.15, -0.1) is 0 Å². The highest BCUT2D eigenvalue weighted by Gasteiger charge is 2.20. The van der Waals surface area contributed by atoms with E-state index >= 15 is 0 Å². The van der Waals surface area contributed by atoms with Crippen LogP contribution in [0.25, 0.3) is 0 Å². The van der Waals surface area contributed by atoms with Gasteiger partial charge in [0.15, 0.2) is 0 Å². The van der Waals surface area contributed by atoms with E-state index in [1.807, 2.05) is 6.92 Å². The first-order valence-electron chi connectivity index (χ1n) is 6.18. The summed E-state index contributed by atoms with van der Waals surface area (Å²) < 4.78 is 6.64. The molecule has 0 atom stereocenters. The first-order chi connectivity index (χ1) is 9.01. The van der Waals surface area contributed by atoms with Gasteiger partial charge in [-0.25, -0.2) is 4.79 Å². The highest BCUT2D eigenvalue weighted by Crippen LogP contribution is 2.18. The monoisotopic (exact) mass is 268 g/mol. The molecule has 1 aromatic rings. The summed E-state index contributed by atoms with van der Waals surface area (Å²) in [5.74, 6) is -1.20. The van der Waals surface area contributed by atoms with Gasteiger partial charge in [0, 0.05) is 32.1 Å². The molecule has 19 heavy (non-hydrogen) atoms. The van der Waals surface area contributed by atoms with Crippen molar-refractivity contribution < 1.29 is 19.4 Å². The number of aromatic carboxylic acids is 1. The van der Waals surface area contributed by atoms with E-state index in [1.165, 1.54) is 0 Å². The van der Waals surface area contributed by atoms with Crippen molar-refractivity contribution in [2.75, 3.05) is 20.3 Å². The topological polar surface area (TPSA) is 80.6 Å².